The molecule has 8 nitrogen and oxygen atoms in total. The lowest BCUT2D eigenvalue weighted by molar-refractivity contribution is 0.0819. The zero-order chi connectivity index (χ0) is 24.8. The van der Waals surface area contributed by atoms with Crippen LogP contribution in [0.4, 0.5) is 23.0 Å². The van der Waals surface area contributed by atoms with E-state index in [1.807, 2.05) is 19.2 Å². The number of hydrogen-bond acceptors (Lipinski definition) is 8. The van der Waals surface area contributed by atoms with E-state index in [-0.39, 0.29) is 5.92 Å². The van der Waals surface area contributed by atoms with Gasteiger partial charge in [-0.1, -0.05) is 13.8 Å². The molecule has 0 aliphatic carbocycles. The second-order valence-corrected chi connectivity index (χ2v) is 9.71. The minimum Gasteiger partial charge on any atom is -0.381 e. The van der Waals surface area contributed by atoms with E-state index in [9.17, 15) is 0 Å². The SMILES string of the molecule is CCOCc1cc(N2CCC(OC)CC2)c(C(=N)C(C)C)c(Nc2ccnc(N3CCCC3)c2)n1. The van der Waals surface area contributed by atoms with Crippen molar-refractivity contribution in [1.29, 1.82) is 5.41 Å². The summed E-state index contributed by atoms with van der Waals surface area (Å²) in [6.07, 6.45) is 6.51. The lowest BCUT2D eigenvalue weighted by Crippen LogP contribution is -2.38. The molecule has 0 saturated carbocycles. The van der Waals surface area contributed by atoms with E-state index in [0.29, 0.717) is 30.8 Å². The van der Waals surface area contributed by atoms with E-state index < -0.39 is 0 Å². The average Bonchev–Trinajstić information content (AvgIpc) is 3.42. The Morgan fingerprint density at radius 1 is 1.14 bits per heavy atom. The lowest BCUT2D eigenvalue weighted by Gasteiger charge is -2.35. The van der Waals surface area contributed by atoms with Gasteiger partial charge >= 0.3 is 0 Å². The quantitative estimate of drug-likeness (QED) is 0.463. The highest BCUT2D eigenvalue weighted by atomic mass is 16.5. The molecule has 0 radical (unpaired) electrons. The highest BCUT2D eigenvalue weighted by molar-refractivity contribution is 6.08. The Hall–Kier alpha value is -2.71. The second kappa shape index (κ2) is 11.8. The Bertz CT molecular complexity index is 997. The summed E-state index contributed by atoms with van der Waals surface area (Å²) in [7, 11) is 1.79. The molecule has 2 fully saturated rings. The third-order valence-corrected chi connectivity index (χ3v) is 6.91. The van der Waals surface area contributed by atoms with Crippen LogP contribution in [0.5, 0.6) is 0 Å². The first-order valence-corrected chi connectivity index (χ1v) is 13.0. The number of ether oxygens (including phenoxy) is 2. The van der Waals surface area contributed by atoms with E-state index in [0.717, 1.165) is 67.5 Å². The van der Waals surface area contributed by atoms with Crippen LogP contribution in [0.25, 0.3) is 0 Å². The molecule has 4 heterocycles. The summed E-state index contributed by atoms with van der Waals surface area (Å²) in [6, 6.07) is 6.18. The number of anilines is 4. The summed E-state index contributed by atoms with van der Waals surface area (Å²) in [6.45, 7) is 11.1. The number of hydrogen-bond donors (Lipinski definition) is 2. The van der Waals surface area contributed by atoms with Gasteiger partial charge in [-0.15, -0.1) is 0 Å². The van der Waals surface area contributed by atoms with Gasteiger partial charge in [0.25, 0.3) is 0 Å². The van der Waals surface area contributed by atoms with E-state index >= 15 is 0 Å². The molecule has 2 aliphatic heterocycles. The Balaban J connectivity index is 1.73. The summed E-state index contributed by atoms with van der Waals surface area (Å²) in [4.78, 5) is 14.3. The fraction of sp³-hybridized carbons (Fsp3) is 0.593. The summed E-state index contributed by atoms with van der Waals surface area (Å²) in [5.41, 5.74) is 4.31. The van der Waals surface area contributed by atoms with Crippen molar-refractivity contribution in [2.75, 3.05) is 55.0 Å². The van der Waals surface area contributed by atoms with E-state index in [1.165, 1.54) is 12.8 Å². The van der Waals surface area contributed by atoms with Crippen LogP contribution < -0.4 is 15.1 Å². The van der Waals surface area contributed by atoms with Crippen molar-refractivity contribution in [3.8, 4) is 0 Å². The number of nitrogens with one attached hydrogen (secondary N) is 2. The molecule has 0 unspecified atom stereocenters. The van der Waals surface area contributed by atoms with Crippen molar-refractivity contribution in [3.63, 3.8) is 0 Å². The molecule has 0 atom stereocenters. The Kier molecular flexibility index (Phi) is 8.57. The molecule has 35 heavy (non-hydrogen) atoms. The monoisotopic (exact) mass is 480 g/mol. The van der Waals surface area contributed by atoms with Crippen molar-refractivity contribution < 1.29 is 9.47 Å². The van der Waals surface area contributed by atoms with Crippen LogP contribution in [-0.2, 0) is 16.1 Å². The van der Waals surface area contributed by atoms with Gasteiger partial charge in [0, 0.05) is 63.6 Å². The predicted octanol–water partition coefficient (Wildman–Crippen LogP) is 5.00. The molecule has 2 saturated heterocycles. The van der Waals surface area contributed by atoms with Crippen LogP contribution in [0.15, 0.2) is 24.4 Å². The first-order chi connectivity index (χ1) is 17.0. The number of nitrogens with zero attached hydrogens (tertiary/aromatic N) is 4. The lowest BCUT2D eigenvalue weighted by atomic mass is 9.96. The fourth-order valence-electron chi connectivity index (χ4n) is 4.84. The van der Waals surface area contributed by atoms with E-state index in [2.05, 4.69) is 46.1 Å². The summed E-state index contributed by atoms with van der Waals surface area (Å²) < 4.78 is 11.3. The maximum Gasteiger partial charge on any atom is 0.141 e. The standard InChI is InChI=1S/C27H40N6O2/c1-5-35-18-21-16-23(32-14-9-22(34-4)10-15-32)25(26(28)19(2)3)27(31-21)30-20-8-11-29-24(17-20)33-12-6-7-13-33/h8,11,16-17,19,22,28H,5-7,9-10,12-15,18H2,1-4H3,(H,29,30,31). The zero-order valence-electron chi connectivity index (χ0n) is 21.6. The molecule has 190 valence electrons. The first kappa shape index (κ1) is 25.4. The number of methoxy groups -OCH3 is 1. The topological polar surface area (TPSA) is 86.6 Å². The van der Waals surface area contributed by atoms with Crippen molar-refractivity contribution in [1.82, 2.24) is 9.97 Å². The van der Waals surface area contributed by atoms with Crippen LogP contribution in [-0.4, -0.2) is 61.7 Å². The Morgan fingerprint density at radius 3 is 2.54 bits per heavy atom. The number of pyridine rings is 2. The predicted molar refractivity (Wildman–Crippen MR) is 142 cm³/mol. The van der Waals surface area contributed by atoms with Gasteiger partial charge in [0.05, 0.1) is 29.7 Å². The molecule has 4 rings (SSSR count). The van der Waals surface area contributed by atoms with Crippen molar-refractivity contribution in [3.05, 3.63) is 35.7 Å². The molecule has 2 aromatic rings. The third kappa shape index (κ3) is 6.11. The number of piperidine rings is 1. The summed E-state index contributed by atoms with van der Waals surface area (Å²) in [5, 5.41) is 12.6. The van der Waals surface area contributed by atoms with Crippen LogP contribution in [0.1, 0.15) is 57.7 Å². The molecule has 0 bridgehead atoms. The van der Waals surface area contributed by atoms with Crippen LogP contribution >= 0.6 is 0 Å². The highest BCUT2D eigenvalue weighted by Crippen LogP contribution is 2.34. The van der Waals surface area contributed by atoms with Gasteiger partial charge in [0.2, 0.25) is 0 Å². The highest BCUT2D eigenvalue weighted by Gasteiger charge is 2.26. The van der Waals surface area contributed by atoms with E-state index in [1.54, 1.807) is 7.11 Å². The van der Waals surface area contributed by atoms with E-state index in [4.69, 9.17) is 19.9 Å². The van der Waals surface area contributed by atoms with Gasteiger partial charge in [0.15, 0.2) is 0 Å². The van der Waals surface area contributed by atoms with Crippen LogP contribution in [0, 0.1) is 11.3 Å². The van der Waals surface area contributed by atoms with Crippen molar-refractivity contribution in [2.24, 2.45) is 5.92 Å². The average molecular weight is 481 g/mol. The van der Waals surface area contributed by atoms with Gasteiger partial charge in [0.1, 0.15) is 11.6 Å². The van der Waals surface area contributed by atoms with Gasteiger partial charge in [-0.05, 0) is 50.7 Å². The molecule has 0 aromatic carbocycles. The Morgan fingerprint density at radius 2 is 1.89 bits per heavy atom. The molecule has 2 aliphatic rings. The van der Waals surface area contributed by atoms with Crippen molar-refractivity contribution in [2.45, 2.75) is 59.2 Å². The van der Waals surface area contributed by atoms with Crippen molar-refractivity contribution >= 4 is 28.7 Å². The summed E-state index contributed by atoms with van der Waals surface area (Å²) >= 11 is 0. The molecule has 2 aromatic heterocycles. The second-order valence-electron chi connectivity index (χ2n) is 9.71. The van der Waals surface area contributed by atoms with Crippen LogP contribution in [0.2, 0.25) is 0 Å². The minimum atomic E-state index is 0.0722. The molecule has 8 heteroatoms. The minimum absolute atomic E-state index is 0.0722. The normalized spacial score (nSPS) is 16.8. The van der Waals surface area contributed by atoms with Gasteiger partial charge in [-0.3, -0.25) is 0 Å². The maximum atomic E-state index is 9.03. The fourth-order valence-corrected chi connectivity index (χ4v) is 4.84. The number of aromatic nitrogens is 2. The first-order valence-electron chi connectivity index (χ1n) is 13.0. The van der Waals surface area contributed by atoms with Gasteiger partial charge in [-0.25, -0.2) is 9.97 Å². The smallest absolute Gasteiger partial charge is 0.141 e. The van der Waals surface area contributed by atoms with Crippen LogP contribution in [0.3, 0.4) is 0 Å². The molecule has 2 N–H and O–H groups in total. The molecular formula is C27H40N6O2. The molecular weight excluding hydrogens is 440 g/mol. The van der Waals surface area contributed by atoms with Gasteiger partial charge in [-0.2, -0.15) is 0 Å². The zero-order valence-corrected chi connectivity index (χ0v) is 21.6. The Labute approximate surface area is 209 Å². The maximum absolute atomic E-state index is 9.03. The largest absolute Gasteiger partial charge is 0.381 e. The van der Waals surface area contributed by atoms with Gasteiger partial charge < -0.3 is 30.0 Å². The summed E-state index contributed by atoms with van der Waals surface area (Å²) in [5.74, 6) is 1.77. The third-order valence-electron chi connectivity index (χ3n) is 6.91. The molecule has 0 amide bonds. The molecule has 0 spiro atoms. The number of rotatable bonds is 10.